The Bertz CT molecular complexity index is 264. The maximum atomic E-state index is 12.0. The summed E-state index contributed by atoms with van der Waals surface area (Å²) >= 11 is 0. The van der Waals surface area contributed by atoms with Crippen molar-refractivity contribution in [1.29, 1.82) is 0 Å². The van der Waals surface area contributed by atoms with Crippen LogP contribution in [-0.4, -0.2) is 24.5 Å². The summed E-state index contributed by atoms with van der Waals surface area (Å²) in [7, 11) is 0. The maximum absolute atomic E-state index is 12.0. The molecule has 1 amide bonds. The van der Waals surface area contributed by atoms with Gasteiger partial charge in [-0.05, 0) is 32.1 Å². The highest BCUT2D eigenvalue weighted by molar-refractivity contribution is 5.81. The van der Waals surface area contributed by atoms with Crippen molar-refractivity contribution < 1.29 is 4.79 Å². The molecule has 2 N–H and O–H groups in total. The summed E-state index contributed by atoms with van der Waals surface area (Å²) in [5, 5.41) is 6.45. The van der Waals surface area contributed by atoms with Gasteiger partial charge in [0.2, 0.25) is 5.91 Å². The molecule has 0 saturated heterocycles. The second-order valence-corrected chi connectivity index (χ2v) is 6.92. The van der Waals surface area contributed by atoms with E-state index in [1.165, 1.54) is 25.7 Å². The van der Waals surface area contributed by atoms with Gasteiger partial charge in [0, 0.05) is 12.6 Å². The minimum Gasteiger partial charge on any atom is -0.352 e. The molecule has 0 rings (SSSR count). The Morgan fingerprint density at radius 1 is 1.10 bits per heavy atom. The lowest BCUT2D eigenvalue weighted by molar-refractivity contribution is -0.123. The molecule has 0 heterocycles. The predicted molar refractivity (Wildman–Crippen MR) is 87.9 cm³/mol. The number of unbranched alkanes of at least 4 members (excludes halogenated alkanes) is 2. The molecule has 0 aliphatic carbocycles. The van der Waals surface area contributed by atoms with Gasteiger partial charge >= 0.3 is 0 Å². The molecule has 0 radical (unpaired) electrons. The molecular weight excluding hydrogens is 248 g/mol. The summed E-state index contributed by atoms with van der Waals surface area (Å²) in [6, 6.07) is 0.161. The van der Waals surface area contributed by atoms with Crippen molar-refractivity contribution >= 4 is 5.91 Å². The summed E-state index contributed by atoms with van der Waals surface area (Å²) in [5.74, 6) is 0.121. The van der Waals surface area contributed by atoms with Crippen molar-refractivity contribution in [2.45, 2.75) is 92.2 Å². The lowest BCUT2D eigenvalue weighted by Crippen LogP contribution is -2.47. The molecular formula is C17H36N2O. The molecule has 0 bridgehead atoms. The van der Waals surface area contributed by atoms with Gasteiger partial charge in [-0.2, -0.15) is 0 Å². The Hall–Kier alpha value is -0.570. The molecule has 20 heavy (non-hydrogen) atoms. The highest BCUT2D eigenvalue weighted by Crippen LogP contribution is 2.22. The van der Waals surface area contributed by atoms with Crippen molar-refractivity contribution in [2.24, 2.45) is 5.41 Å². The van der Waals surface area contributed by atoms with E-state index in [9.17, 15) is 4.79 Å². The molecule has 0 aromatic rings. The number of rotatable bonds is 11. The predicted octanol–water partition coefficient (Wildman–Crippen LogP) is 3.88. The second kappa shape index (κ2) is 10.2. The van der Waals surface area contributed by atoms with Crippen LogP contribution < -0.4 is 10.6 Å². The Labute approximate surface area is 126 Å². The van der Waals surface area contributed by atoms with E-state index < -0.39 is 0 Å². The maximum Gasteiger partial charge on any atom is 0.237 e. The van der Waals surface area contributed by atoms with E-state index >= 15 is 0 Å². The Kier molecular flexibility index (Phi) is 9.91. The zero-order chi connectivity index (χ0) is 15.6. The molecule has 3 heteroatoms. The van der Waals surface area contributed by atoms with E-state index in [1.807, 2.05) is 6.92 Å². The fraction of sp³-hybridized carbons (Fsp3) is 0.941. The lowest BCUT2D eigenvalue weighted by Gasteiger charge is -2.27. The third-order valence-electron chi connectivity index (χ3n) is 3.85. The van der Waals surface area contributed by atoms with Crippen molar-refractivity contribution in [1.82, 2.24) is 10.6 Å². The topological polar surface area (TPSA) is 41.1 Å². The summed E-state index contributed by atoms with van der Waals surface area (Å²) in [6.07, 6.45) is 7.20. The fourth-order valence-electron chi connectivity index (χ4n) is 2.34. The summed E-state index contributed by atoms with van der Waals surface area (Å²) in [5.41, 5.74) is 0.263. The Morgan fingerprint density at radius 3 is 2.30 bits per heavy atom. The summed E-state index contributed by atoms with van der Waals surface area (Å²) < 4.78 is 0. The van der Waals surface area contributed by atoms with E-state index in [2.05, 4.69) is 45.3 Å². The van der Waals surface area contributed by atoms with Crippen LogP contribution in [-0.2, 0) is 4.79 Å². The van der Waals surface area contributed by atoms with Crippen LogP contribution in [0.2, 0.25) is 0 Å². The average Bonchev–Trinajstić information content (AvgIpc) is 2.36. The van der Waals surface area contributed by atoms with Crippen molar-refractivity contribution in [2.75, 3.05) is 6.54 Å². The molecule has 0 aromatic heterocycles. The van der Waals surface area contributed by atoms with Crippen LogP contribution in [0.1, 0.15) is 80.1 Å². The largest absolute Gasteiger partial charge is 0.352 e. The van der Waals surface area contributed by atoms with E-state index in [0.29, 0.717) is 0 Å². The average molecular weight is 284 g/mol. The van der Waals surface area contributed by atoms with Crippen LogP contribution in [0.5, 0.6) is 0 Å². The quantitative estimate of drug-likeness (QED) is 0.565. The first-order valence-electron chi connectivity index (χ1n) is 8.36. The van der Waals surface area contributed by atoms with Crippen LogP contribution in [0.25, 0.3) is 0 Å². The van der Waals surface area contributed by atoms with Gasteiger partial charge in [-0.25, -0.2) is 0 Å². The molecule has 0 fully saturated rings. The Morgan fingerprint density at radius 2 is 1.75 bits per heavy atom. The van der Waals surface area contributed by atoms with Gasteiger partial charge in [-0.1, -0.05) is 53.4 Å². The lowest BCUT2D eigenvalue weighted by atomic mass is 9.86. The first kappa shape index (κ1) is 19.4. The van der Waals surface area contributed by atoms with Gasteiger partial charge in [0.25, 0.3) is 0 Å². The molecule has 0 saturated carbocycles. The van der Waals surface area contributed by atoms with Gasteiger partial charge in [0.1, 0.15) is 0 Å². The normalized spacial score (nSPS) is 14.9. The molecule has 120 valence electrons. The molecule has 2 atom stereocenters. The van der Waals surface area contributed by atoms with Crippen LogP contribution in [0.4, 0.5) is 0 Å². The van der Waals surface area contributed by atoms with Crippen LogP contribution in [0.15, 0.2) is 0 Å². The first-order chi connectivity index (χ1) is 9.32. The minimum atomic E-state index is -0.111. The van der Waals surface area contributed by atoms with Crippen molar-refractivity contribution in [3.63, 3.8) is 0 Å². The van der Waals surface area contributed by atoms with E-state index in [-0.39, 0.29) is 23.4 Å². The van der Waals surface area contributed by atoms with Gasteiger partial charge < -0.3 is 10.6 Å². The smallest absolute Gasteiger partial charge is 0.237 e. The van der Waals surface area contributed by atoms with E-state index in [0.717, 1.165) is 19.4 Å². The zero-order valence-electron chi connectivity index (χ0n) is 14.5. The van der Waals surface area contributed by atoms with Gasteiger partial charge in [0.05, 0.1) is 6.04 Å². The Balaban J connectivity index is 4.00. The monoisotopic (exact) mass is 284 g/mol. The number of carbonyl (C=O) groups is 1. The van der Waals surface area contributed by atoms with Crippen LogP contribution >= 0.6 is 0 Å². The number of hydrogen-bond acceptors (Lipinski definition) is 2. The highest BCUT2D eigenvalue weighted by Gasteiger charge is 2.21. The van der Waals surface area contributed by atoms with Crippen LogP contribution in [0.3, 0.4) is 0 Å². The molecule has 0 spiro atoms. The number of hydrogen-bond donors (Lipinski definition) is 2. The van der Waals surface area contributed by atoms with Gasteiger partial charge in [0.15, 0.2) is 0 Å². The van der Waals surface area contributed by atoms with Crippen LogP contribution in [0, 0.1) is 5.41 Å². The number of amides is 1. The standard InChI is InChI=1S/C17H36N2O/c1-7-9-10-12-17(5,6)13-18-15(4)16(20)19-14(3)11-8-2/h14-15,18H,7-13H2,1-6H3,(H,19,20). The highest BCUT2D eigenvalue weighted by atomic mass is 16.2. The number of nitrogens with one attached hydrogen (secondary N) is 2. The summed E-state index contributed by atoms with van der Waals surface area (Å²) in [6.45, 7) is 13.9. The third kappa shape index (κ3) is 9.35. The molecule has 0 aliphatic heterocycles. The third-order valence-corrected chi connectivity index (χ3v) is 3.85. The van der Waals surface area contributed by atoms with Gasteiger partial charge in [-0.15, -0.1) is 0 Å². The van der Waals surface area contributed by atoms with Crippen molar-refractivity contribution in [3.8, 4) is 0 Å². The molecule has 2 unspecified atom stereocenters. The zero-order valence-corrected chi connectivity index (χ0v) is 14.5. The molecule has 0 aliphatic rings. The van der Waals surface area contributed by atoms with Crippen molar-refractivity contribution in [3.05, 3.63) is 0 Å². The molecule has 0 aromatic carbocycles. The fourth-order valence-corrected chi connectivity index (χ4v) is 2.34. The number of carbonyl (C=O) groups excluding carboxylic acids is 1. The van der Waals surface area contributed by atoms with E-state index in [1.54, 1.807) is 0 Å². The molecule has 3 nitrogen and oxygen atoms in total. The van der Waals surface area contributed by atoms with E-state index in [4.69, 9.17) is 0 Å². The first-order valence-corrected chi connectivity index (χ1v) is 8.36. The SMILES string of the molecule is CCCCCC(C)(C)CNC(C)C(=O)NC(C)CCC. The second-order valence-electron chi connectivity index (χ2n) is 6.92. The van der Waals surface area contributed by atoms with Gasteiger partial charge in [-0.3, -0.25) is 4.79 Å². The minimum absolute atomic E-state index is 0.111. The summed E-state index contributed by atoms with van der Waals surface area (Å²) in [4.78, 5) is 12.0.